The molecule has 2 aromatic rings. The van der Waals surface area contributed by atoms with Gasteiger partial charge in [-0.25, -0.2) is 0 Å². The summed E-state index contributed by atoms with van der Waals surface area (Å²) in [6.07, 6.45) is 1.11. The van der Waals surface area contributed by atoms with Crippen LogP contribution in [0.5, 0.6) is 0 Å². The molecular weight excluding hydrogens is 520 g/mol. The van der Waals surface area contributed by atoms with Crippen molar-refractivity contribution in [3.05, 3.63) is 60.6 Å². The molecule has 6 heteroatoms. The van der Waals surface area contributed by atoms with E-state index in [4.69, 9.17) is 0 Å². The molecule has 0 aliphatic carbocycles. The van der Waals surface area contributed by atoms with Crippen molar-refractivity contribution in [2.45, 2.75) is 24.2 Å². The second kappa shape index (κ2) is 6.54. The molecule has 0 radical (unpaired) electrons. The Morgan fingerprint density at radius 3 is 2.39 bits per heavy atom. The third-order valence-corrected chi connectivity index (χ3v) is 8.46. The van der Waals surface area contributed by atoms with Crippen LogP contribution in [0.3, 0.4) is 0 Å². The second-order valence-electron chi connectivity index (χ2n) is 5.52. The van der Waals surface area contributed by atoms with Gasteiger partial charge in [-0.2, -0.15) is 0 Å². The Balaban J connectivity index is 2.34. The van der Waals surface area contributed by atoms with Crippen LogP contribution in [-0.4, -0.2) is 20.1 Å². The Morgan fingerprint density at radius 2 is 1.91 bits per heavy atom. The number of pyridine rings is 1. The minimum atomic E-state index is -1.13. The summed E-state index contributed by atoms with van der Waals surface area (Å²) >= 11 is 2.28. The summed E-state index contributed by atoms with van der Waals surface area (Å²) < 4.78 is 4.40. The third-order valence-electron chi connectivity index (χ3n) is 4.19. The van der Waals surface area contributed by atoms with Gasteiger partial charge in [0.25, 0.3) is 0 Å². The Kier molecular flexibility index (Phi) is 4.82. The number of benzene rings is 1. The zero-order valence-corrected chi connectivity index (χ0v) is 17.1. The zero-order chi connectivity index (χ0) is 16.7. The predicted octanol–water partition coefficient (Wildman–Crippen LogP) is 0.291. The zero-order valence-electron chi connectivity index (χ0n) is 12.8. The Morgan fingerprint density at radius 1 is 1.30 bits per heavy atom. The number of nitrogens with zero attached hydrogens (tertiary/aromatic N) is 1. The quantitative estimate of drug-likeness (QED) is 0.454. The summed E-state index contributed by atoms with van der Waals surface area (Å²) in [5, 5.41) is 9.54. The van der Waals surface area contributed by atoms with Crippen molar-refractivity contribution in [3.8, 4) is 5.69 Å². The average Bonchev–Trinajstić information content (AvgIpc) is 2.43. The summed E-state index contributed by atoms with van der Waals surface area (Å²) in [6, 6.07) is 7.60. The molecule has 2 heterocycles. The Bertz CT molecular complexity index is 836. The van der Waals surface area contributed by atoms with Crippen LogP contribution in [0.2, 0.25) is 0 Å². The first-order valence-electron chi connectivity index (χ1n) is 7.25. The number of hydrogen-bond donors (Lipinski definition) is 1. The Hall–Kier alpha value is -0.900. The summed E-state index contributed by atoms with van der Waals surface area (Å²) in [6.45, 7) is 3.73. The van der Waals surface area contributed by atoms with Gasteiger partial charge in [0.05, 0.1) is 0 Å². The van der Waals surface area contributed by atoms with Gasteiger partial charge in [0.15, 0.2) is 0 Å². The molecule has 3 rings (SSSR count). The fourth-order valence-corrected chi connectivity index (χ4v) is 5.97. The van der Waals surface area contributed by atoms with Gasteiger partial charge in [0.1, 0.15) is 0 Å². The normalized spacial score (nSPS) is 17.3. The number of aromatic nitrogens is 1. The van der Waals surface area contributed by atoms with Crippen molar-refractivity contribution in [3.63, 3.8) is 0 Å². The number of rotatable bonds is 3. The second-order valence-corrected chi connectivity index (χ2v) is 10.2. The van der Waals surface area contributed by atoms with Crippen LogP contribution in [0, 0.1) is 17.4 Å². The molecule has 122 valence electrons. The molecular formula is C17H16I2NO3-. The molecule has 0 spiro atoms. The van der Waals surface area contributed by atoms with Gasteiger partial charge in [-0.3, -0.25) is 0 Å². The van der Waals surface area contributed by atoms with Gasteiger partial charge < -0.3 is 0 Å². The molecule has 1 saturated heterocycles. The van der Waals surface area contributed by atoms with E-state index >= 15 is 0 Å². The summed E-state index contributed by atoms with van der Waals surface area (Å²) in [7, 11) is 0. The summed E-state index contributed by atoms with van der Waals surface area (Å²) in [4.78, 5) is 24.5. The van der Waals surface area contributed by atoms with E-state index in [0.29, 0.717) is 9.49 Å². The van der Waals surface area contributed by atoms with Crippen molar-refractivity contribution < 1.29 is 31.1 Å². The first-order chi connectivity index (χ1) is 10.9. The fraction of sp³-hybridized carbons (Fsp3) is 0.294. The summed E-state index contributed by atoms with van der Waals surface area (Å²) in [5.74, 6) is -1.13. The molecule has 0 bridgehead atoms. The molecule has 1 unspecified atom stereocenters. The van der Waals surface area contributed by atoms with E-state index in [1.807, 2.05) is 31.2 Å². The standard InChI is InChI=1S/C17H16I2NO3/c1-9-14(13-7-8-19-13)10(2)20(16(21)15(9)17(22)23)12-5-3-11(18)4-6-12/h3-6,13H,7-8H2,1-2H3,(H,22,23)/q-1. The molecule has 1 N–H and O–H groups in total. The van der Waals surface area contributed by atoms with Gasteiger partial charge in [-0.15, -0.1) is 0 Å². The molecule has 1 aromatic heterocycles. The van der Waals surface area contributed by atoms with E-state index in [1.54, 1.807) is 11.5 Å². The number of carbonyl (C=O) groups is 1. The number of alkyl halides is 2. The predicted molar refractivity (Wildman–Crippen MR) is 93.4 cm³/mol. The van der Waals surface area contributed by atoms with E-state index in [9.17, 15) is 14.7 Å². The number of hydrogen-bond acceptors (Lipinski definition) is 2. The van der Waals surface area contributed by atoms with E-state index in [0.717, 1.165) is 26.9 Å². The van der Waals surface area contributed by atoms with Crippen molar-refractivity contribution in [2.75, 3.05) is 4.43 Å². The first kappa shape index (κ1) is 16.9. The number of aromatic carboxylic acids is 1. The summed E-state index contributed by atoms with van der Waals surface area (Å²) in [5.41, 5.74) is 2.85. The number of carboxylic acid groups (broad SMARTS) is 1. The average molecular weight is 536 g/mol. The van der Waals surface area contributed by atoms with Gasteiger partial charge in [0.2, 0.25) is 0 Å². The molecule has 1 fully saturated rings. The minimum absolute atomic E-state index is 0.0728. The van der Waals surface area contributed by atoms with Crippen LogP contribution in [0.1, 0.15) is 37.5 Å². The van der Waals surface area contributed by atoms with Crippen molar-refractivity contribution in [1.29, 1.82) is 0 Å². The molecule has 23 heavy (non-hydrogen) atoms. The first-order valence-corrected chi connectivity index (χ1v) is 11.1. The molecule has 1 aromatic carbocycles. The van der Waals surface area contributed by atoms with Gasteiger partial charge in [-0.05, 0) is 0 Å². The molecule has 4 nitrogen and oxygen atoms in total. The van der Waals surface area contributed by atoms with Gasteiger partial charge in [-0.1, -0.05) is 0 Å². The van der Waals surface area contributed by atoms with Crippen LogP contribution in [-0.2, 0) is 0 Å². The van der Waals surface area contributed by atoms with Crippen molar-refractivity contribution in [2.24, 2.45) is 0 Å². The SMILES string of the molecule is Cc1c(C2CC[I-]2)c(C)n(-c2ccc(I)cc2)c(=O)c1C(=O)O. The van der Waals surface area contributed by atoms with Crippen LogP contribution < -0.4 is 26.8 Å². The monoisotopic (exact) mass is 536 g/mol. The van der Waals surface area contributed by atoms with E-state index in [1.165, 1.54) is 4.43 Å². The maximum atomic E-state index is 12.8. The molecule has 1 aliphatic heterocycles. The third kappa shape index (κ3) is 2.95. The topological polar surface area (TPSA) is 59.3 Å². The fourth-order valence-electron chi connectivity index (χ4n) is 3.01. The molecule has 1 aliphatic rings. The molecule has 0 amide bonds. The van der Waals surface area contributed by atoms with Crippen LogP contribution in [0.25, 0.3) is 5.69 Å². The van der Waals surface area contributed by atoms with Crippen LogP contribution in [0.4, 0.5) is 0 Å². The maximum absolute atomic E-state index is 12.8. The van der Waals surface area contributed by atoms with Gasteiger partial charge >= 0.3 is 159 Å². The number of halogens is 2. The molecule has 0 saturated carbocycles. The van der Waals surface area contributed by atoms with Gasteiger partial charge in [0, 0.05) is 0 Å². The Labute approximate surface area is 158 Å². The van der Waals surface area contributed by atoms with E-state index in [2.05, 4.69) is 22.6 Å². The molecule has 1 atom stereocenters. The number of carboxylic acids is 1. The van der Waals surface area contributed by atoms with Crippen molar-refractivity contribution >= 4 is 28.6 Å². The van der Waals surface area contributed by atoms with Crippen molar-refractivity contribution in [1.82, 2.24) is 4.57 Å². The van der Waals surface area contributed by atoms with E-state index in [-0.39, 0.29) is 26.8 Å². The van der Waals surface area contributed by atoms with E-state index < -0.39 is 11.5 Å². The van der Waals surface area contributed by atoms with Crippen LogP contribution >= 0.6 is 22.6 Å². The van der Waals surface area contributed by atoms with Crippen LogP contribution in [0.15, 0.2) is 29.1 Å².